The monoisotopic (exact) mass is 226 g/mol. The molecule has 0 bridgehead atoms. The molecule has 1 rings (SSSR count). The van der Waals surface area contributed by atoms with E-state index in [2.05, 4.69) is 0 Å². The maximum absolute atomic E-state index is 13.5. The van der Waals surface area contributed by atoms with Crippen molar-refractivity contribution in [2.45, 2.75) is 26.0 Å². The number of rotatable bonds is 4. The fourth-order valence-electron chi connectivity index (χ4n) is 1.21. The van der Waals surface area contributed by atoms with Crippen molar-refractivity contribution < 1.29 is 13.9 Å². The Morgan fingerprint density at radius 1 is 1.44 bits per heavy atom. The van der Waals surface area contributed by atoms with Gasteiger partial charge < -0.3 is 16.2 Å². The van der Waals surface area contributed by atoms with Gasteiger partial charge in [-0.25, -0.2) is 4.39 Å². The highest BCUT2D eigenvalue weighted by Crippen LogP contribution is 2.21. The molecule has 1 unspecified atom stereocenters. The predicted molar refractivity (Wildman–Crippen MR) is 58.3 cm³/mol. The van der Waals surface area contributed by atoms with Crippen LogP contribution in [0.1, 0.15) is 25.5 Å². The van der Waals surface area contributed by atoms with Gasteiger partial charge in [0, 0.05) is 17.7 Å². The van der Waals surface area contributed by atoms with Gasteiger partial charge in [0.1, 0.15) is 11.6 Å². The molecule has 1 aromatic rings. The molecule has 2 atom stereocenters. The molecular weight excluding hydrogens is 211 g/mol. The van der Waals surface area contributed by atoms with Crippen molar-refractivity contribution in [2.75, 3.05) is 0 Å². The van der Waals surface area contributed by atoms with Crippen LogP contribution in [0, 0.1) is 5.82 Å². The van der Waals surface area contributed by atoms with Gasteiger partial charge in [-0.2, -0.15) is 0 Å². The molecule has 4 N–H and O–H groups in total. The van der Waals surface area contributed by atoms with Crippen molar-refractivity contribution in [3.05, 3.63) is 29.6 Å². The minimum absolute atomic E-state index is 0.258. The van der Waals surface area contributed by atoms with E-state index in [9.17, 15) is 9.18 Å². The lowest BCUT2D eigenvalue weighted by Gasteiger charge is -2.13. The Balaban J connectivity index is 2.85. The molecule has 0 aliphatic carbocycles. The van der Waals surface area contributed by atoms with E-state index in [-0.39, 0.29) is 11.8 Å². The number of primary amides is 1. The van der Waals surface area contributed by atoms with Crippen molar-refractivity contribution in [1.29, 1.82) is 0 Å². The predicted octanol–water partition coefficient (Wildman–Crippen LogP) is 1.10. The molecule has 0 heterocycles. The molecule has 1 aromatic carbocycles. The summed E-state index contributed by atoms with van der Waals surface area (Å²) in [6.07, 6.45) is -0.791. The molecular formula is C11H15FN2O2. The average Bonchev–Trinajstić information content (AvgIpc) is 2.16. The number of nitrogens with two attached hydrogens (primary N) is 2. The number of carbonyl (C=O) groups is 1. The summed E-state index contributed by atoms with van der Waals surface area (Å²) in [7, 11) is 0. The Hall–Kier alpha value is -1.62. The number of ether oxygens (including phenoxy) is 1. The fraction of sp³-hybridized carbons (Fsp3) is 0.364. The van der Waals surface area contributed by atoms with Gasteiger partial charge >= 0.3 is 0 Å². The normalized spacial score (nSPS) is 14.2. The third kappa shape index (κ3) is 2.93. The van der Waals surface area contributed by atoms with Crippen molar-refractivity contribution in [2.24, 2.45) is 11.5 Å². The van der Waals surface area contributed by atoms with Crippen molar-refractivity contribution in [1.82, 2.24) is 0 Å². The molecule has 88 valence electrons. The molecule has 0 saturated heterocycles. The summed E-state index contributed by atoms with van der Waals surface area (Å²) in [6, 6.07) is 3.89. The molecule has 5 heteroatoms. The molecule has 1 amide bonds. The van der Waals surface area contributed by atoms with Crippen LogP contribution in [-0.2, 0) is 4.79 Å². The van der Waals surface area contributed by atoms with E-state index in [0.717, 1.165) is 0 Å². The summed E-state index contributed by atoms with van der Waals surface area (Å²) in [5, 5.41) is 0. The molecule has 0 aromatic heterocycles. The molecule has 4 nitrogen and oxygen atoms in total. The third-order valence-corrected chi connectivity index (χ3v) is 2.18. The number of hydrogen-bond acceptors (Lipinski definition) is 3. The molecule has 0 radical (unpaired) electrons. The van der Waals surface area contributed by atoms with Gasteiger partial charge in [-0.05, 0) is 19.9 Å². The van der Waals surface area contributed by atoms with Crippen LogP contribution in [0.2, 0.25) is 0 Å². The maximum atomic E-state index is 13.5. The number of benzene rings is 1. The van der Waals surface area contributed by atoms with Gasteiger partial charge in [-0.15, -0.1) is 0 Å². The fourth-order valence-corrected chi connectivity index (χ4v) is 1.21. The lowest BCUT2D eigenvalue weighted by molar-refractivity contribution is -0.123. The molecule has 0 aliphatic rings. The van der Waals surface area contributed by atoms with Gasteiger partial charge in [-0.3, -0.25) is 4.79 Å². The van der Waals surface area contributed by atoms with E-state index in [1.165, 1.54) is 19.1 Å². The second kappa shape index (κ2) is 4.94. The third-order valence-electron chi connectivity index (χ3n) is 2.18. The number of hydrogen-bond donors (Lipinski definition) is 2. The summed E-state index contributed by atoms with van der Waals surface area (Å²) in [4.78, 5) is 10.7. The van der Waals surface area contributed by atoms with Gasteiger partial charge in [0.25, 0.3) is 5.91 Å². The van der Waals surface area contributed by atoms with E-state index in [0.29, 0.717) is 5.56 Å². The first-order valence-corrected chi connectivity index (χ1v) is 4.93. The van der Waals surface area contributed by atoms with E-state index in [4.69, 9.17) is 16.2 Å². The number of amides is 1. The van der Waals surface area contributed by atoms with Crippen LogP contribution >= 0.6 is 0 Å². The van der Waals surface area contributed by atoms with E-state index in [1.807, 2.05) is 0 Å². The minimum Gasteiger partial charge on any atom is -0.481 e. The van der Waals surface area contributed by atoms with Crippen LogP contribution in [0.3, 0.4) is 0 Å². The van der Waals surface area contributed by atoms with E-state index in [1.54, 1.807) is 13.0 Å². The Morgan fingerprint density at radius 3 is 2.50 bits per heavy atom. The smallest absolute Gasteiger partial charge is 0.258 e. The summed E-state index contributed by atoms with van der Waals surface area (Å²) in [5.41, 5.74) is 11.0. The van der Waals surface area contributed by atoms with Crippen LogP contribution in [0.15, 0.2) is 18.2 Å². The lowest BCUT2D eigenvalue weighted by atomic mass is 10.1. The summed E-state index contributed by atoms with van der Waals surface area (Å²) in [5.74, 6) is -0.797. The van der Waals surface area contributed by atoms with Crippen LogP contribution in [0.4, 0.5) is 4.39 Å². The molecule has 16 heavy (non-hydrogen) atoms. The van der Waals surface area contributed by atoms with Crippen molar-refractivity contribution in [3.8, 4) is 5.75 Å². The summed E-state index contributed by atoms with van der Waals surface area (Å²) >= 11 is 0. The molecule has 0 fully saturated rings. The zero-order valence-electron chi connectivity index (χ0n) is 9.24. The highest BCUT2D eigenvalue weighted by atomic mass is 19.1. The molecule has 0 saturated carbocycles. The topological polar surface area (TPSA) is 78.3 Å². The van der Waals surface area contributed by atoms with Gasteiger partial charge in [0.15, 0.2) is 6.10 Å². The highest BCUT2D eigenvalue weighted by molar-refractivity contribution is 5.78. The maximum Gasteiger partial charge on any atom is 0.258 e. The first-order valence-electron chi connectivity index (χ1n) is 4.93. The average molecular weight is 226 g/mol. The van der Waals surface area contributed by atoms with Crippen LogP contribution < -0.4 is 16.2 Å². The van der Waals surface area contributed by atoms with Gasteiger partial charge in [0.05, 0.1) is 0 Å². The van der Waals surface area contributed by atoms with E-state index < -0.39 is 17.8 Å². The zero-order valence-corrected chi connectivity index (χ0v) is 9.24. The standard InChI is InChI=1S/C11H15FN2O2/c1-6(13)9-4-3-8(5-10(9)12)16-7(2)11(14)15/h3-7H,13H2,1-2H3,(H2,14,15)/t6-,7?/m1/s1. The van der Waals surface area contributed by atoms with Crippen molar-refractivity contribution >= 4 is 5.91 Å². The molecule has 0 spiro atoms. The lowest BCUT2D eigenvalue weighted by Crippen LogP contribution is -2.30. The Morgan fingerprint density at radius 2 is 2.06 bits per heavy atom. The van der Waals surface area contributed by atoms with Crippen LogP contribution in [0.5, 0.6) is 5.75 Å². The quantitative estimate of drug-likeness (QED) is 0.806. The summed E-state index contributed by atoms with van der Waals surface area (Å²) < 4.78 is 18.6. The largest absolute Gasteiger partial charge is 0.481 e. The SMILES string of the molecule is CC(Oc1ccc([C@@H](C)N)c(F)c1)C(N)=O. The Bertz CT molecular complexity index is 394. The Labute approximate surface area is 93.4 Å². The zero-order chi connectivity index (χ0) is 12.3. The number of carbonyl (C=O) groups excluding carboxylic acids is 1. The second-order valence-corrected chi connectivity index (χ2v) is 3.63. The van der Waals surface area contributed by atoms with Crippen LogP contribution in [-0.4, -0.2) is 12.0 Å². The van der Waals surface area contributed by atoms with Gasteiger partial charge in [-0.1, -0.05) is 6.07 Å². The number of halogens is 1. The Kier molecular flexibility index (Phi) is 3.84. The van der Waals surface area contributed by atoms with E-state index >= 15 is 0 Å². The van der Waals surface area contributed by atoms with Gasteiger partial charge in [0.2, 0.25) is 0 Å². The second-order valence-electron chi connectivity index (χ2n) is 3.63. The van der Waals surface area contributed by atoms with Crippen molar-refractivity contribution in [3.63, 3.8) is 0 Å². The first kappa shape index (κ1) is 12.4. The first-order chi connectivity index (χ1) is 7.41. The minimum atomic E-state index is -0.791. The highest BCUT2D eigenvalue weighted by Gasteiger charge is 2.12. The molecule has 0 aliphatic heterocycles. The van der Waals surface area contributed by atoms with Crippen LogP contribution in [0.25, 0.3) is 0 Å². The summed E-state index contributed by atoms with van der Waals surface area (Å²) in [6.45, 7) is 3.19.